The first-order chi connectivity index (χ1) is 15.2. The molecule has 0 spiro atoms. The van der Waals surface area contributed by atoms with Crippen molar-refractivity contribution in [1.29, 1.82) is 5.26 Å². The average molecular weight is 411 g/mol. The molecule has 0 saturated carbocycles. The Hall–Kier alpha value is -3.36. The summed E-state index contributed by atoms with van der Waals surface area (Å²) in [6.45, 7) is 9.31. The number of H-pyrrole nitrogens is 1. The van der Waals surface area contributed by atoms with Gasteiger partial charge in [0.05, 0.1) is 13.1 Å². The second kappa shape index (κ2) is 8.05. The van der Waals surface area contributed by atoms with Crippen LogP contribution in [0, 0.1) is 11.3 Å². The summed E-state index contributed by atoms with van der Waals surface area (Å²) in [5.41, 5.74) is 6.30. The molecular weight excluding hydrogens is 382 g/mol. The summed E-state index contributed by atoms with van der Waals surface area (Å²) in [6.07, 6.45) is 0. The zero-order valence-electron chi connectivity index (χ0n) is 18.2. The number of rotatable bonds is 4. The van der Waals surface area contributed by atoms with Gasteiger partial charge in [-0.15, -0.1) is 0 Å². The van der Waals surface area contributed by atoms with Gasteiger partial charge < -0.3 is 0 Å². The number of fused-ring (bicyclic) bond motifs is 3. The molecule has 4 aromatic rings. The summed E-state index contributed by atoms with van der Waals surface area (Å²) < 4.78 is 2.24. The third kappa shape index (κ3) is 3.54. The number of hydrogen-bond acceptors (Lipinski definition) is 3. The number of anilines is 1. The van der Waals surface area contributed by atoms with E-state index in [9.17, 15) is 5.26 Å². The van der Waals surface area contributed by atoms with E-state index >= 15 is 0 Å². The fourth-order valence-corrected chi connectivity index (χ4v) is 4.69. The normalized spacial score (nSPS) is 15.1. The van der Waals surface area contributed by atoms with Gasteiger partial charge in [0, 0.05) is 25.7 Å². The van der Waals surface area contributed by atoms with E-state index in [2.05, 4.69) is 93.7 Å². The van der Waals surface area contributed by atoms with E-state index in [4.69, 9.17) is 0 Å². The topological polar surface area (TPSA) is 50.2 Å². The molecule has 2 aromatic heterocycles. The van der Waals surface area contributed by atoms with Crippen LogP contribution in [0.2, 0.25) is 0 Å². The Morgan fingerprint density at radius 3 is 2.42 bits per heavy atom. The van der Waals surface area contributed by atoms with Crippen LogP contribution in [0.3, 0.4) is 0 Å². The van der Waals surface area contributed by atoms with E-state index in [0.717, 1.165) is 60.5 Å². The van der Waals surface area contributed by atoms with Gasteiger partial charge in [-0.25, -0.2) is 0 Å². The zero-order chi connectivity index (χ0) is 21.4. The highest BCUT2D eigenvalue weighted by molar-refractivity contribution is 5.77. The number of nitrogens with one attached hydrogen (secondary N) is 1. The molecule has 156 valence electrons. The summed E-state index contributed by atoms with van der Waals surface area (Å²) in [5.74, 6) is 1.46. The fraction of sp³-hybridized carbons (Fsp3) is 0.308. The predicted octanol–water partition coefficient (Wildman–Crippen LogP) is 4.22. The first-order valence-corrected chi connectivity index (χ1v) is 11.1. The van der Waals surface area contributed by atoms with Crippen molar-refractivity contribution in [3.8, 4) is 6.07 Å². The van der Waals surface area contributed by atoms with Gasteiger partial charge in [0.15, 0.2) is 0 Å². The number of benzene rings is 2. The number of aromatic nitrogens is 2. The molecule has 5 rings (SSSR count). The predicted molar refractivity (Wildman–Crippen MR) is 124 cm³/mol. The number of aromatic amines is 1. The van der Waals surface area contributed by atoms with E-state index in [0.29, 0.717) is 0 Å². The van der Waals surface area contributed by atoms with Crippen molar-refractivity contribution in [3.63, 3.8) is 0 Å². The van der Waals surface area contributed by atoms with Crippen molar-refractivity contribution in [2.45, 2.75) is 26.3 Å². The van der Waals surface area contributed by atoms with Gasteiger partial charge in [-0.05, 0) is 29.2 Å². The Labute approximate surface area is 183 Å². The monoisotopic (exact) mass is 410 g/mol. The molecule has 0 atom stereocenters. The maximum atomic E-state index is 9.96. The van der Waals surface area contributed by atoms with E-state index in [-0.39, 0.29) is 5.92 Å². The number of para-hydroxylation sites is 2. The first-order valence-electron chi connectivity index (χ1n) is 11.1. The molecule has 31 heavy (non-hydrogen) atoms. The van der Waals surface area contributed by atoms with Crippen LogP contribution < -0.4 is 9.30 Å². The molecule has 1 aliphatic rings. The van der Waals surface area contributed by atoms with Gasteiger partial charge in [-0.1, -0.05) is 56.3 Å². The second-order valence-corrected chi connectivity index (χ2v) is 8.67. The summed E-state index contributed by atoms with van der Waals surface area (Å²) in [6, 6.07) is 23.7. The molecule has 5 heteroatoms. The van der Waals surface area contributed by atoms with Crippen molar-refractivity contribution in [3.05, 3.63) is 77.4 Å². The molecule has 1 saturated heterocycles. The van der Waals surface area contributed by atoms with Crippen LogP contribution in [0.25, 0.3) is 16.7 Å². The molecule has 0 unspecified atom stereocenters. The lowest BCUT2D eigenvalue weighted by Crippen LogP contribution is -2.49. The Kier molecular flexibility index (Phi) is 5.09. The Bertz CT molecular complexity index is 1260. The van der Waals surface area contributed by atoms with E-state index in [1.165, 1.54) is 11.4 Å². The average Bonchev–Trinajstić information content (AvgIpc) is 3.19. The quantitative estimate of drug-likeness (QED) is 0.513. The zero-order valence-corrected chi connectivity index (χ0v) is 18.2. The number of piperazine rings is 1. The van der Waals surface area contributed by atoms with Crippen molar-refractivity contribution in [1.82, 2.24) is 9.88 Å². The lowest BCUT2D eigenvalue weighted by atomic mass is 9.98. The van der Waals surface area contributed by atoms with Gasteiger partial charge in [0.25, 0.3) is 0 Å². The highest BCUT2D eigenvalue weighted by Crippen LogP contribution is 2.28. The Balaban J connectivity index is 1.53. The lowest BCUT2D eigenvalue weighted by molar-refractivity contribution is -0.467. The summed E-state index contributed by atoms with van der Waals surface area (Å²) in [7, 11) is 0. The molecule has 3 heterocycles. The SMILES string of the molecule is CC(C)c1cc(N2CCN(Cc3ccccc3)CC2)[n+]2c([nH]c3ccccc32)c1C#N. The van der Waals surface area contributed by atoms with Crippen LogP contribution in [-0.2, 0) is 6.54 Å². The van der Waals surface area contributed by atoms with E-state index in [1.807, 2.05) is 6.07 Å². The van der Waals surface area contributed by atoms with Gasteiger partial charge >= 0.3 is 0 Å². The molecule has 0 bridgehead atoms. The third-order valence-electron chi connectivity index (χ3n) is 6.34. The van der Waals surface area contributed by atoms with Gasteiger partial charge in [-0.2, -0.15) is 9.66 Å². The maximum Gasteiger partial charge on any atom is 0.250 e. The van der Waals surface area contributed by atoms with Crippen LogP contribution in [0.4, 0.5) is 5.82 Å². The molecule has 0 aliphatic carbocycles. The minimum atomic E-state index is 0.282. The maximum absolute atomic E-state index is 9.96. The number of pyridine rings is 1. The number of hydrogen-bond donors (Lipinski definition) is 1. The minimum absolute atomic E-state index is 0.282. The molecule has 1 aliphatic heterocycles. The lowest BCUT2D eigenvalue weighted by Gasteiger charge is -2.33. The van der Waals surface area contributed by atoms with Crippen LogP contribution in [-0.4, -0.2) is 36.1 Å². The highest BCUT2D eigenvalue weighted by Gasteiger charge is 2.29. The Morgan fingerprint density at radius 1 is 1.00 bits per heavy atom. The fourth-order valence-electron chi connectivity index (χ4n) is 4.69. The number of nitrogens with zero attached hydrogens (tertiary/aromatic N) is 4. The van der Waals surface area contributed by atoms with E-state index < -0.39 is 0 Å². The van der Waals surface area contributed by atoms with Gasteiger partial charge in [0.2, 0.25) is 11.5 Å². The second-order valence-electron chi connectivity index (χ2n) is 8.67. The van der Waals surface area contributed by atoms with E-state index in [1.54, 1.807) is 0 Å². The third-order valence-corrected chi connectivity index (χ3v) is 6.34. The standard InChI is InChI=1S/C26H27N5/c1-19(2)21-16-25(30-14-12-29(13-15-30)18-20-8-4-3-5-9-20)31-24-11-7-6-10-23(24)28-26(31)22(21)17-27/h3-11,16,19H,12-15,18H2,1-2H3/p+1. The first kappa shape index (κ1) is 19.6. The van der Waals surface area contributed by atoms with Gasteiger partial charge in [-0.3, -0.25) is 14.8 Å². The van der Waals surface area contributed by atoms with Crippen LogP contribution in [0.15, 0.2) is 60.7 Å². The van der Waals surface area contributed by atoms with Crippen LogP contribution in [0.5, 0.6) is 0 Å². The van der Waals surface area contributed by atoms with Crippen molar-refractivity contribution in [2.75, 3.05) is 31.1 Å². The molecule has 1 fully saturated rings. The number of imidazole rings is 1. The largest absolute Gasteiger partial charge is 0.293 e. The minimum Gasteiger partial charge on any atom is -0.293 e. The van der Waals surface area contributed by atoms with Crippen LogP contribution in [0.1, 0.15) is 36.5 Å². The molecule has 2 aromatic carbocycles. The summed E-state index contributed by atoms with van der Waals surface area (Å²) in [5, 5.41) is 9.96. The van der Waals surface area contributed by atoms with Crippen molar-refractivity contribution < 1.29 is 4.40 Å². The molecule has 0 amide bonds. The highest BCUT2D eigenvalue weighted by atomic mass is 15.3. The van der Waals surface area contributed by atoms with Gasteiger partial charge in [0.1, 0.15) is 22.7 Å². The molecule has 0 radical (unpaired) electrons. The van der Waals surface area contributed by atoms with Crippen molar-refractivity contribution in [2.24, 2.45) is 0 Å². The molecule has 1 N–H and O–H groups in total. The summed E-state index contributed by atoms with van der Waals surface area (Å²) >= 11 is 0. The summed E-state index contributed by atoms with van der Waals surface area (Å²) in [4.78, 5) is 8.51. The number of nitriles is 1. The van der Waals surface area contributed by atoms with Crippen molar-refractivity contribution >= 4 is 22.5 Å². The molecular formula is C26H28N5+. The molecule has 5 nitrogen and oxygen atoms in total. The Morgan fingerprint density at radius 2 is 1.71 bits per heavy atom. The van der Waals surface area contributed by atoms with Crippen LogP contribution >= 0.6 is 0 Å². The smallest absolute Gasteiger partial charge is 0.250 e.